The minimum absolute atomic E-state index is 0.0382. The summed E-state index contributed by atoms with van der Waals surface area (Å²) in [4.78, 5) is 39.5. The number of carbonyl (C=O) groups excluding carboxylic acids is 2. The smallest absolute Gasteiger partial charge is 0.415 e. The van der Waals surface area contributed by atoms with E-state index in [-0.39, 0.29) is 11.9 Å². The van der Waals surface area contributed by atoms with Crippen molar-refractivity contribution in [1.29, 1.82) is 0 Å². The number of halogens is 1. The lowest BCUT2D eigenvalue weighted by Crippen LogP contribution is -2.49. The number of cyclic esters (lactones) is 1. The molecule has 2 amide bonds. The topological polar surface area (TPSA) is 78.9 Å². The number of pyridine rings is 2. The van der Waals surface area contributed by atoms with Crippen molar-refractivity contribution in [1.82, 2.24) is 14.9 Å². The molecule has 0 radical (unpaired) electrons. The number of nitrogens with zero attached hydrogens (tertiary/aromatic N) is 5. The van der Waals surface area contributed by atoms with Crippen LogP contribution in [0.2, 0.25) is 0 Å². The molecule has 158 valence electrons. The fourth-order valence-electron chi connectivity index (χ4n) is 3.89. The first kappa shape index (κ1) is 20.6. The molecule has 4 rings (SSSR count). The molecular weight excluding hydrogens is 450 g/mol. The van der Waals surface area contributed by atoms with E-state index in [0.29, 0.717) is 31.1 Å². The molecule has 8 nitrogen and oxygen atoms in total. The number of rotatable bonds is 3. The number of carbonyl (C=O) groups is 2. The van der Waals surface area contributed by atoms with E-state index in [9.17, 15) is 9.59 Å². The Balaban J connectivity index is 1.45. The van der Waals surface area contributed by atoms with Crippen LogP contribution < -0.4 is 9.80 Å². The van der Waals surface area contributed by atoms with Crippen LogP contribution in [0.25, 0.3) is 0 Å². The van der Waals surface area contributed by atoms with Gasteiger partial charge in [0.05, 0.1) is 11.6 Å². The molecule has 0 saturated carbocycles. The summed E-state index contributed by atoms with van der Waals surface area (Å²) >= 11 is 3.45. The predicted molar refractivity (Wildman–Crippen MR) is 117 cm³/mol. The molecule has 0 spiro atoms. The highest BCUT2D eigenvalue weighted by Crippen LogP contribution is 2.25. The molecule has 2 saturated heterocycles. The number of anilines is 2. The van der Waals surface area contributed by atoms with Gasteiger partial charge in [0.25, 0.3) is 5.91 Å². The van der Waals surface area contributed by atoms with E-state index in [4.69, 9.17) is 4.74 Å². The summed E-state index contributed by atoms with van der Waals surface area (Å²) in [6.07, 6.45) is 2.97. The molecule has 2 aliphatic heterocycles. The van der Waals surface area contributed by atoms with Crippen LogP contribution in [0, 0.1) is 13.8 Å². The summed E-state index contributed by atoms with van der Waals surface area (Å²) in [6.45, 7) is 8.85. The third-order valence-electron chi connectivity index (χ3n) is 5.54. The van der Waals surface area contributed by atoms with Crippen LogP contribution >= 0.6 is 15.9 Å². The minimum Gasteiger partial charge on any atom is -0.447 e. The number of ether oxygens (including phenoxy) is 1. The van der Waals surface area contributed by atoms with E-state index in [1.807, 2.05) is 31.7 Å². The summed E-state index contributed by atoms with van der Waals surface area (Å²) in [5, 5.41) is 0. The van der Waals surface area contributed by atoms with E-state index in [1.165, 1.54) is 4.90 Å². The summed E-state index contributed by atoms with van der Waals surface area (Å²) in [7, 11) is 0. The second kappa shape index (κ2) is 8.22. The normalized spacial score (nSPS) is 19.3. The highest BCUT2D eigenvalue weighted by atomic mass is 79.9. The van der Waals surface area contributed by atoms with Crippen molar-refractivity contribution in [2.75, 3.05) is 42.6 Å². The maximum atomic E-state index is 13.1. The molecular formula is C21H24BrN5O3. The minimum atomic E-state index is -0.401. The van der Waals surface area contributed by atoms with Crippen LogP contribution in [-0.2, 0) is 4.74 Å². The highest BCUT2D eigenvalue weighted by molar-refractivity contribution is 9.10. The van der Waals surface area contributed by atoms with Crippen LogP contribution in [0.15, 0.2) is 29.0 Å². The lowest BCUT2D eigenvalue weighted by molar-refractivity contribution is 0.0745. The average Bonchev–Trinajstić information content (AvgIpc) is 3.06. The van der Waals surface area contributed by atoms with Crippen LogP contribution in [-0.4, -0.2) is 65.7 Å². The van der Waals surface area contributed by atoms with Crippen LogP contribution in [0.5, 0.6) is 0 Å². The third kappa shape index (κ3) is 3.86. The summed E-state index contributed by atoms with van der Waals surface area (Å²) < 4.78 is 6.02. The number of piperazine rings is 1. The van der Waals surface area contributed by atoms with Crippen LogP contribution in [0.1, 0.15) is 28.4 Å². The van der Waals surface area contributed by atoms with Crippen molar-refractivity contribution in [3.8, 4) is 0 Å². The Morgan fingerprint density at radius 2 is 1.83 bits per heavy atom. The van der Waals surface area contributed by atoms with Crippen molar-refractivity contribution in [2.45, 2.75) is 26.8 Å². The van der Waals surface area contributed by atoms with Gasteiger partial charge in [0, 0.05) is 43.0 Å². The monoisotopic (exact) mass is 473 g/mol. The van der Waals surface area contributed by atoms with Gasteiger partial charge in [0.15, 0.2) is 0 Å². The van der Waals surface area contributed by atoms with Crippen molar-refractivity contribution >= 4 is 39.6 Å². The van der Waals surface area contributed by atoms with Crippen molar-refractivity contribution in [3.63, 3.8) is 0 Å². The Morgan fingerprint density at radius 1 is 1.10 bits per heavy atom. The van der Waals surface area contributed by atoms with Crippen LogP contribution in [0.3, 0.4) is 0 Å². The van der Waals surface area contributed by atoms with Crippen molar-refractivity contribution < 1.29 is 14.3 Å². The second-order valence-corrected chi connectivity index (χ2v) is 8.64. The molecule has 1 unspecified atom stereocenters. The van der Waals surface area contributed by atoms with Gasteiger partial charge in [-0.05, 0) is 60.0 Å². The zero-order valence-corrected chi connectivity index (χ0v) is 18.8. The Kier molecular flexibility index (Phi) is 5.64. The number of hydrogen-bond acceptors (Lipinski definition) is 6. The SMILES string of the molecule is Cc1cc(N2C(=O)OCC2C)ncc1C(=O)N1CCN(c2ncc(Br)cc2C)CC1. The van der Waals surface area contributed by atoms with Gasteiger partial charge < -0.3 is 14.5 Å². The Labute approximate surface area is 184 Å². The lowest BCUT2D eigenvalue weighted by Gasteiger charge is -2.36. The molecule has 2 aromatic heterocycles. The quantitative estimate of drug-likeness (QED) is 0.680. The second-order valence-electron chi connectivity index (χ2n) is 7.73. The maximum absolute atomic E-state index is 13.1. The van der Waals surface area contributed by atoms with Crippen LogP contribution in [0.4, 0.5) is 16.4 Å². The molecule has 0 bridgehead atoms. The molecule has 30 heavy (non-hydrogen) atoms. The largest absolute Gasteiger partial charge is 0.447 e. The number of amides is 2. The molecule has 4 heterocycles. The van der Waals surface area contributed by atoms with Gasteiger partial charge in [0.2, 0.25) is 0 Å². The van der Waals surface area contributed by atoms with Gasteiger partial charge in [0.1, 0.15) is 18.2 Å². The Morgan fingerprint density at radius 3 is 2.43 bits per heavy atom. The fourth-order valence-corrected chi connectivity index (χ4v) is 4.33. The van der Waals surface area contributed by atoms with E-state index in [1.54, 1.807) is 18.5 Å². The van der Waals surface area contributed by atoms with Gasteiger partial charge in [-0.2, -0.15) is 0 Å². The van der Waals surface area contributed by atoms with Gasteiger partial charge >= 0.3 is 6.09 Å². The highest BCUT2D eigenvalue weighted by Gasteiger charge is 2.32. The first-order valence-electron chi connectivity index (χ1n) is 9.94. The van der Waals surface area contributed by atoms with E-state index in [2.05, 4.69) is 30.8 Å². The first-order valence-corrected chi connectivity index (χ1v) is 10.7. The Hall–Kier alpha value is -2.68. The molecule has 0 aliphatic carbocycles. The molecule has 2 fully saturated rings. The van der Waals surface area contributed by atoms with Gasteiger partial charge in [-0.25, -0.2) is 14.8 Å². The molecule has 0 aromatic carbocycles. The molecule has 2 aliphatic rings. The molecule has 0 N–H and O–H groups in total. The summed E-state index contributed by atoms with van der Waals surface area (Å²) in [6, 6.07) is 3.75. The van der Waals surface area contributed by atoms with Crippen molar-refractivity contribution in [2.24, 2.45) is 0 Å². The zero-order chi connectivity index (χ0) is 21.4. The molecule has 2 aromatic rings. The number of hydrogen-bond donors (Lipinski definition) is 0. The number of aryl methyl sites for hydroxylation is 2. The van der Waals surface area contributed by atoms with E-state index >= 15 is 0 Å². The average molecular weight is 474 g/mol. The maximum Gasteiger partial charge on any atom is 0.415 e. The van der Waals surface area contributed by atoms with E-state index in [0.717, 1.165) is 34.5 Å². The standard InChI is InChI=1S/C21H24BrN5O3/c1-13-9-18(27-15(3)12-30-21(27)29)23-11-17(13)20(28)26-6-4-25(5-7-26)19-14(2)8-16(22)10-24-19/h8-11,15H,4-7,12H2,1-3H3. The van der Waals surface area contributed by atoms with Gasteiger partial charge in [-0.1, -0.05) is 0 Å². The van der Waals surface area contributed by atoms with Gasteiger partial charge in [-0.3, -0.25) is 9.69 Å². The predicted octanol–water partition coefficient (Wildman–Crippen LogP) is 3.16. The lowest BCUT2D eigenvalue weighted by atomic mass is 10.1. The third-order valence-corrected chi connectivity index (χ3v) is 5.98. The van der Waals surface area contributed by atoms with Crippen molar-refractivity contribution in [3.05, 3.63) is 45.7 Å². The summed E-state index contributed by atoms with van der Waals surface area (Å²) in [5.41, 5.74) is 2.46. The Bertz CT molecular complexity index is 991. The first-order chi connectivity index (χ1) is 14.3. The zero-order valence-electron chi connectivity index (χ0n) is 17.3. The van der Waals surface area contributed by atoms with E-state index < -0.39 is 6.09 Å². The summed E-state index contributed by atoms with van der Waals surface area (Å²) in [5.74, 6) is 1.43. The van der Waals surface area contributed by atoms with Gasteiger partial charge in [-0.15, -0.1) is 0 Å². The fraction of sp³-hybridized carbons (Fsp3) is 0.429. The molecule has 1 atom stereocenters. The number of aromatic nitrogens is 2. The molecule has 9 heteroatoms.